The molecule has 1 aromatic carbocycles. The minimum absolute atomic E-state index is 0.120. The third kappa shape index (κ3) is 2.51. The molecule has 1 saturated heterocycles. The van der Waals surface area contributed by atoms with Gasteiger partial charge in [-0.1, -0.05) is 6.07 Å². The fourth-order valence-electron chi connectivity index (χ4n) is 1.76. The molecule has 4 nitrogen and oxygen atoms in total. The van der Waals surface area contributed by atoms with E-state index in [1.54, 1.807) is 6.07 Å². The Hall–Kier alpha value is -1.14. The number of anilines is 1. The first-order chi connectivity index (χ1) is 7.46. The van der Waals surface area contributed by atoms with Gasteiger partial charge in [0.15, 0.2) is 9.84 Å². The molecule has 1 aliphatic heterocycles. The lowest BCUT2D eigenvalue weighted by Gasteiger charge is -2.16. The van der Waals surface area contributed by atoms with Gasteiger partial charge in [0.1, 0.15) is 5.82 Å². The molecule has 0 saturated carbocycles. The fourth-order valence-corrected chi connectivity index (χ4v) is 3.50. The van der Waals surface area contributed by atoms with Crippen molar-refractivity contribution < 1.29 is 17.9 Å². The van der Waals surface area contributed by atoms with Crippen molar-refractivity contribution in [2.45, 2.75) is 12.1 Å². The van der Waals surface area contributed by atoms with Crippen LogP contribution in [0.2, 0.25) is 0 Å². The van der Waals surface area contributed by atoms with Crippen LogP contribution in [0.5, 0.6) is 0 Å². The molecule has 0 amide bonds. The van der Waals surface area contributed by atoms with E-state index < -0.39 is 27.8 Å². The molecule has 2 atom stereocenters. The van der Waals surface area contributed by atoms with Gasteiger partial charge in [0, 0.05) is 5.69 Å². The zero-order valence-corrected chi connectivity index (χ0v) is 9.24. The van der Waals surface area contributed by atoms with Gasteiger partial charge in [-0.3, -0.25) is 0 Å². The minimum atomic E-state index is -3.18. The van der Waals surface area contributed by atoms with Gasteiger partial charge < -0.3 is 10.4 Å². The van der Waals surface area contributed by atoms with Gasteiger partial charge in [0.25, 0.3) is 0 Å². The highest BCUT2D eigenvalue weighted by Crippen LogP contribution is 2.18. The first-order valence-corrected chi connectivity index (χ1v) is 6.69. The van der Waals surface area contributed by atoms with Gasteiger partial charge in [-0.05, 0) is 18.2 Å². The van der Waals surface area contributed by atoms with Crippen LogP contribution >= 0.6 is 0 Å². The van der Waals surface area contributed by atoms with Crippen molar-refractivity contribution >= 4 is 15.5 Å². The Balaban J connectivity index is 2.11. The summed E-state index contributed by atoms with van der Waals surface area (Å²) in [5, 5.41) is 12.3. The lowest BCUT2D eigenvalue weighted by atomic mass is 10.2. The number of halogens is 1. The second kappa shape index (κ2) is 4.03. The maximum absolute atomic E-state index is 12.9. The first kappa shape index (κ1) is 11.3. The number of aliphatic hydroxyl groups excluding tert-OH is 1. The van der Waals surface area contributed by atoms with Crippen LogP contribution in [0, 0.1) is 5.82 Å². The Morgan fingerprint density at radius 3 is 2.69 bits per heavy atom. The predicted molar refractivity (Wildman–Crippen MR) is 58.5 cm³/mol. The molecule has 1 aliphatic rings. The molecule has 16 heavy (non-hydrogen) atoms. The zero-order valence-electron chi connectivity index (χ0n) is 8.43. The van der Waals surface area contributed by atoms with E-state index in [1.165, 1.54) is 18.2 Å². The standard InChI is InChI=1S/C10H12FNO3S/c11-7-2-1-3-8(4-7)12-9-5-16(14,15)6-10(9)13/h1-4,9-10,12-13H,5-6H2. The van der Waals surface area contributed by atoms with E-state index in [-0.39, 0.29) is 11.5 Å². The average molecular weight is 245 g/mol. The Morgan fingerprint density at radius 1 is 1.38 bits per heavy atom. The predicted octanol–water partition coefficient (Wildman–Crippen LogP) is 0.395. The Bertz CT molecular complexity index is 489. The molecule has 88 valence electrons. The Labute approximate surface area is 93.0 Å². The summed E-state index contributed by atoms with van der Waals surface area (Å²) in [6, 6.07) is 5.14. The smallest absolute Gasteiger partial charge is 0.155 e. The summed E-state index contributed by atoms with van der Waals surface area (Å²) in [7, 11) is -3.18. The van der Waals surface area contributed by atoms with Gasteiger partial charge in [-0.25, -0.2) is 12.8 Å². The van der Waals surface area contributed by atoms with E-state index in [9.17, 15) is 17.9 Å². The van der Waals surface area contributed by atoms with Gasteiger partial charge in [-0.15, -0.1) is 0 Å². The van der Waals surface area contributed by atoms with Crippen molar-refractivity contribution in [1.82, 2.24) is 0 Å². The van der Waals surface area contributed by atoms with Crippen LogP contribution in [-0.2, 0) is 9.84 Å². The number of sulfone groups is 1. The number of rotatable bonds is 2. The van der Waals surface area contributed by atoms with E-state index in [2.05, 4.69) is 5.32 Å². The molecule has 0 aromatic heterocycles. The van der Waals surface area contributed by atoms with Crippen molar-refractivity contribution in [2.75, 3.05) is 16.8 Å². The van der Waals surface area contributed by atoms with E-state index in [0.29, 0.717) is 5.69 Å². The van der Waals surface area contributed by atoms with E-state index in [1.807, 2.05) is 0 Å². The molecule has 1 fully saturated rings. The summed E-state index contributed by atoms with van der Waals surface area (Å²) in [5.41, 5.74) is 0.473. The zero-order chi connectivity index (χ0) is 11.8. The molecule has 6 heteroatoms. The number of aliphatic hydroxyl groups is 1. The summed E-state index contributed by atoms with van der Waals surface area (Å²) in [6.45, 7) is 0. The monoisotopic (exact) mass is 245 g/mol. The molecule has 1 heterocycles. The number of hydrogen-bond donors (Lipinski definition) is 2. The topological polar surface area (TPSA) is 66.4 Å². The van der Waals surface area contributed by atoms with Crippen molar-refractivity contribution in [2.24, 2.45) is 0 Å². The summed E-state index contributed by atoms with van der Waals surface area (Å²) < 4.78 is 35.3. The third-order valence-electron chi connectivity index (χ3n) is 2.50. The van der Waals surface area contributed by atoms with Crippen molar-refractivity contribution in [3.05, 3.63) is 30.1 Å². The van der Waals surface area contributed by atoms with Gasteiger partial charge in [-0.2, -0.15) is 0 Å². The van der Waals surface area contributed by atoms with Crippen LogP contribution in [0.15, 0.2) is 24.3 Å². The third-order valence-corrected chi connectivity index (χ3v) is 4.22. The Kier molecular flexibility index (Phi) is 2.86. The normalized spacial score (nSPS) is 27.9. The SMILES string of the molecule is O=S1(=O)CC(O)C(Nc2cccc(F)c2)C1. The quantitative estimate of drug-likeness (QED) is 0.791. The molecule has 1 aromatic rings. The lowest BCUT2D eigenvalue weighted by Crippen LogP contribution is -2.31. The molecule has 0 radical (unpaired) electrons. The van der Waals surface area contributed by atoms with Gasteiger partial charge in [0.05, 0.1) is 23.7 Å². The molecule has 2 N–H and O–H groups in total. The largest absolute Gasteiger partial charge is 0.390 e. The first-order valence-electron chi connectivity index (χ1n) is 4.87. The van der Waals surface area contributed by atoms with Crippen LogP contribution < -0.4 is 5.32 Å². The molecule has 0 aliphatic carbocycles. The second-order valence-electron chi connectivity index (χ2n) is 3.91. The van der Waals surface area contributed by atoms with Crippen LogP contribution in [-0.4, -0.2) is 37.2 Å². The van der Waals surface area contributed by atoms with Crippen LogP contribution in [0.25, 0.3) is 0 Å². The number of benzene rings is 1. The molecule has 0 spiro atoms. The molecular weight excluding hydrogens is 233 g/mol. The summed E-state index contributed by atoms with van der Waals surface area (Å²) in [4.78, 5) is 0. The number of hydrogen-bond acceptors (Lipinski definition) is 4. The highest BCUT2D eigenvalue weighted by Gasteiger charge is 2.36. The Morgan fingerprint density at radius 2 is 2.12 bits per heavy atom. The van der Waals surface area contributed by atoms with Crippen LogP contribution in [0.4, 0.5) is 10.1 Å². The summed E-state index contributed by atoms with van der Waals surface area (Å²) >= 11 is 0. The van der Waals surface area contributed by atoms with Crippen molar-refractivity contribution in [3.8, 4) is 0 Å². The van der Waals surface area contributed by atoms with Crippen LogP contribution in [0.3, 0.4) is 0 Å². The number of nitrogens with one attached hydrogen (secondary N) is 1. The van der Waals surface area contributed by atoms with E-state index >= 15 is 0 Å². The lowest BCUT2D eigenvalue weighted by molar-refractivity contribution is 0.190. The molecule has 0 bridgehead atoms. The van der Waals surface area contributed by atoms with Crippen molar-refractivity contribution in [1.29, 1.82) is 0 Å². The highest BCUT2D eigenvalue weighted by atomic mass is 32.2. The fraction of sp³-hybridized carbons (Fsp3) is 0.400. The highest BCUT2D eigenvalue weighted by molar-refractivity contribution is 7.91. The molecule has 2 unspecified atom stereocenters. The van der Waals surface area contributed by atoms with E-state index in [0.717, 1.165) is 0 Å². The van der Waals surface area contributed by atoms with E-state index in [4.69, 9.17) is 0 Å². The van der Waals surface area contributed by atoms with Gasteiger partial charge in [0.2, 0.25) is 0 Å². The summed E-state index contributed by atoms with van der Waals surface area (Å²) in [6.07, 6.45) is -0.937. The molecule has 2 rings (SSSR count). The van der Waals surface area contributed by atoms with Crippen LogP contribution in [0.1, 0.15) is 0 Å². The molecular formula is C10H12FNO3S. The maximum Gasteiger partial charge on any atom is 0.155 e. The second-order valence-corrected chi connectivity index (χ2v) is 6.06. The van der Waals surface area contributed by atoms with Crippen molar-refractivity contribution in [3.63, 3.8) is 0 Å². The minimum Gasteiger partial charge on any atom is -0.390 e. The summed E-state index contributed by atoms with van der Waals surface area (Å²) in [5.74, 6) is -0.759. The maximum atomic E-state index is 12.9. The average Bonchev–Trinajstić information content (AvgIpc) is 2.39. The van der Waals surface area contributed by atoms with Gasteiger partial charge >= 0.3 is 0 Å².